The van der Waals surface area contributed by atoms with E-state index in [1.807, 2.05) is 12.1 Å². The van der Waals surface area contributed by atoms with Crippen LogP contribution in [0.4, 0.5) is 0 Å². The standard InChI is InChI=1S/C11H16BrNO/c1-2-8-7-11(14)9(4-3-5-13)6-10(8)12/h6-7,14H,2-5,13H2,1H3. The summed E-state index contributed by atoms with van der Waals surface area (Å²) in [5.74, 6) is 0.388. The summed E-state index contributed by atoms with van der Waals surface area (Å²) in [5.41, 5.74) is 7.54. The van der Waals surface area contributed by atoms with E-state index in [0.717, 1.165) is 34.9 Å². The Kier molecular flexibility index (Phi) is 4.42. The van der Waals surface area contributed by atoms with E-state index in [-0.39, 0.29) is 0 Å². The zero-order valence-corrected chi connectivity index (χ0v) is 9.97. The molecule has 0 spiro atoms. The van der Waals surface area contributed by atoms with Gasteiger partial charge >= 0.3 is 0 Å². The minimum Gasteiger partial charge on any atom is -0.508 e. The van der Waals surface area contributed by atoms with Gasteiger partial charge in [-0.25, -0.2) is 0 Å². The van der Waals surface area contributed by atoms with Gasteiger partial charge in [0.1, 0.15) is 5.75 Å². The largest absolute Gasteiger partial charge is 0.508 e. The third-order valence-corrected chi connectivity index (χ3v) is 3.02. The third kappa shape index (κ3) is 2.72. The summed E-state index contributed by atoms with van der Waals surface area (Å²) in [7, 11) is 0. The van der Waals surface area contributed by atoms with Crippen molar-refractivity contribution in [2.24, 2.45) is 5.73 Å². The van der Waals surface area contributed by atoms with Gasteiger partial charge in [0.2, 0.25) is 0 Å². The lowest BCUT2D eigenvalue weighted by atomic mass is 10.0. The molecule has 0 saturated carbocycles. The van der Waals surface area contributed by atoms with Crippen LogP contribution < -0.4 is 5.73 Å². The molecule has 1 aromatic carbocycles. The maximum atomic E-state index is 9.71. The van der Waals surface area contributed by atoms with Crippen molar-refractivity contribution in [1.29, 1.82) is 0 Å². The van der Waals surface area contributed by atoms with Crippen LogP contribution >= 0.6 is 15.9 Å². The molecule has 0 fully saturated rings. The molecule has 0 aliphatic carbocycles. The van der Waals surface area contributed by atoms with Crippen LogP contribution in [-0.4, -0.2) is 11.7 Å². The van der Waals surface area contributed by atoms with Gasteiger partial charge in [-0.15, -0.1) is 0 Å². The van der Waals surface area contributed by atoms with Crippen molar-refractivity contribution in [3.05, 3.63) is 27.7 Å². The van der Waals surface area contributed by atoms with Crippen molar-refractivity contribution in [2.45, 2.75) is 26.2 Å². The highest BCUT2D eigenvalue weighted by Gasteiger charge is 2.05. The fourth-order valence-corrected chi connectivity index (χ4v) is 2.08. The summed E-state index contributed by atoms with van der Waals surface area (Å²) in [6.45, 7) is 2.73. The van der Waals surface area contributed by atoms with Crippen LogP contribution in [0.15, 0.2) is 16.6 Å². The quantitative estimate of drug-likeness (QED) is 0.872. The molecule has 3 N–H and O–H groups in total. The average molecular weight is 258 g/mol. The second-order valence-corrected chi connectivity index (χ2v) is 4.17. The number of nitrogens with two attached hydrogens (primary N) is 1. The predicted octanol–water partition coefficient (Wildman–Crippen LogP) is 2.61. The highest BCUT2D eigenvalue weighted by Crippen LogP contribution is 2.27. The van der Waals surface area contributed by atoms with Crippen LogP contribution in [0, 0.1) is 0 Å². The van der Waals surface area contributed by atoms with Crippen LogP contribution in [-0.2, 0) is 12.8 Å². The van der Waals surface area contributed by atoms with Gasteiger partial charge in [-0.1, -0.05) is 22.9 Å². The second kappa shape index (κ2) is 5.37. The summed E-state index contributed by atoms with van der Waals surface area (Å²) in [4.78, 5) is 0. The Bertz CT molecular complexity index is 312. The van der Waals surface area contributed by atoms with E-state index in [4.69, 9.17) is 5.73 Å². The van der Waals surface area contributed by atoms with Crippen molar-refractivity contribution < 1.29 is 5.11 Å². The van der Waals surface area contributed by atoms with Gasteiger partial charge in [0.05, 0.1) is 0 Å². The monoisotopic (exact) mass is 257 g/mol. The smallest absolute Gasteiger partial charge is 0.119 e. The number of benzene rings is 1. The number of phenols is 1. The molecule has 0 aliphatic rings. The lowest BCUT2D eigenvalue weighted by Crippen LogP contribution is -2.00. The number of halogens is 1. The second-order valence-electron chi connectivity index (χ2n) is 3.32. The van der Waals surface area contributed by atoms with Crippen LogP contribution in [0.25, 0.3) is 0 Å². The van der Waals surface area contributed by atoms with Gasteiger partial charge < -0.3 is 10.8 Å². The van der Waals surface area contributed by atoms with Gasteiger partial charge in [0.25, 0.3) is 0 Å². The fourth-order valence-electron chi connectivity index (χ4n) is 1.41. The lowest BCUT2D eigenvalue weighted by molar-refractivity contribution is 0.466. The van der Waals surface area contributed by atoms with Crippen molar-refractivity contribution in [3.63, 3.8) is 0 Å². The molecule has 0 bridgehead atoms. The molecule has 0 heterocycles. The molecule has 2 nitrogen and oxygen atoms in total. The number of aryl methyl sites for hydroxylation is 2. The first kappa shape index (κ1) is 11.5. The first-order valence-electron chi connectivity index (χ1n) is 4.89. The SMILES string of the molecule is CCc1cc(O)c(CCCN)cc1Br. The van der Waals surface area contributed by atoms with E-state index < -0.39 is 0 Å². The van der Waals surface area contributed by atoms with E-state index in [9.17, 15) is 5.11 Å². The van der Waals surface area contributed by atoms with Gasteiger partial charge in [-0.05, 0) is 49.1 Å². The van der Waals surface area contributed by atoms with E-state index in [1.54, 1.807) is 0 Å². The van der Waals surface area contributed by atoms with Crippen molar-refractivity contribution in [1.82, 2.24) is 0 Å². The molecular weight excluding hydrogens is 242 g/mol. The topological polar surface area (TPSA) is 46.2 Å². The van der Waals surface area contributed by atoms with Gasteiger partial charge in [-0.2, -0.15) is 0 Å². The summed E-state index contributed by atoms with van der Waals surface area (Å²) in [5, 5.41) is 9.71. The van der Waals surface area contributed by atoms with Crippen molar-refractivity contribution in [3.8, 4) is 5.75 Å². The summed E-state index contributed by atoms with van der Waals surface area (Å²) < 4.78 is 1.07. The Balaban J connectivity index is 2.90. The Labute approximate surface area is 93.3 Å². The Morgan fingerprint density at radius 1 is 1.36 bits per heavy atom. The third-order valence-electron chi connectivity index (χ3n) is 2.28. The molecule has 0 unspecified atom stereocenters. The van der Waals surface area contributed by atoms with Crippen LogP contribution in [0.3, 0.4) is 0 Å². The molecule has 1 rings (SSSR count). The normalized spacial score (nSPS) is 10.5. The van der Waals surface area contributed by atoms with E-state index >= 15 is 0 Å². The zero-order valence-electron chi connectivity index (χ0n) is 8.39. The molecule has 0 amide bonds. The summed E-state index contributed by atoms with van der Waals surface area (Å²) in [6.07, 6.45) is 2.67. The minimum absolute atomic E-state index is 0.388. The Morgan fingerprint density at radius 2 is 2.07 bits per heavy atom. The lowest BCUT2D eigenvalue weighted by Gasteiger charge is -2.08. The van der Waals surface area contributed by atoms with Crippen LogP contribution in [0.1, 0.15) is 24.5 Å². The number of phenolic OH excluding ortho intramolecular Hbond substituents is 1. The van der Waals surface area contributed by atoms with Gasteiger partial charge in [-0.3, -0.25) is 0 Å². The molecule has 78 valence electrons. The zero-order chi connectivity index (χ0) is 10.6. The van der Waals surface area contributed by atoms with Gasteiger partial charge in [0, 0.05) is 4.47 Å². The van der Waals surface area contributed by atoms with Gasteiger partial charge in [0.15, 0.2) is 0 Å². The highest BCUT2D eigenvalue weighted by atomic mass is 79.9. The molecule has 3 heteroatoms. The number of aromatic hydroxyl groups is 1. The fraction of sp³-hybridized carbons (Fsp3) is 0.455. The molecule has 0 aromatic heterocycles. The Hall–Kier alpha value is -0.540. The van der Waals surface area contributed by atoms with Crippen molar-refractivity contribution in [2.75, 3.05) is 6.54 Å². The molecule has 14 heavy (non-hydrogen) atoms. The average Bonchev–Trinajstić information content (AvgIpc) is 2.18. The number of hydrogen-bond acceptors (Lipinski definition) is 2. The maximum absolute atomic E-state index is 9.71. The molecule has 0 aliphatic heterocycles. The molecule has 0 saturated heterocycles. The van der Waals surface area contributed by atoms with Crippen LogP contribution in [0.5, 0.6) is 5.75 Å². The molecule has 0 atom stereocenters. The van der Waals surface area contributed by atoms with E-state index in [1.165, 1.54) is 0 Å². The first-order valence-corrected chi connectivity index (χ1v) is 5.68. The minimum atomic E-state index is 0.388. The summed E-state index contributed by atoms with van der Waals surface area (Å²) in [6, 6.07) is 3.82. The van der Waals surface area contributed by atoms with E-state index in [0.29, 0.717) is 12.3 Å². The summed E-state index contributed by atoms with van der Waals surface area (Å²) >= 11 is 3.49. The number of hydrogen-bond donors (Lipinski definition) is 2. The van der Waals surface area contributed by atoms with Crippen LogP contribution in [0.2, 0.25) is 0 Å². The molecule has 0 radical (unpaired) electrons. The first-order chi connectivity index (χ1) is 6.69. The highest BCUT2D eigenvalue weighted by molar-refractivity contribution is 9.10. The van der Waals surface area contributed by atoms with Crippen molar-refractivity contribution >= 4 is 15.9 Å². The van der Waals surface area contributed by atoms with E-state index in [2.05, 4.69) is 22.9 Å². The predicted molar refractivity (Wildman–Crippen MR) is 62.6 cm³/mol. The maximum Gasteiger partial charge on any atom is 0.119 e. The Morgan fingerprint density at radius 3 is 2.64 bits per heavy atom. The number of rotatable bonds is 4. The molecule has 1 aromatic rings. The molecular formula is C11H16BrNO.